The minimum absolute atomic E-state index is 0.0245. The van der Waals surface area contributed by atoms with Gasteiger partial charge in [0, 0.05) is 11.8 Å². The number of ether oxygens (including phenoxy) is 1. The number of halogens is 2. The first-order chi connectivity index (χ1) is 11.4. The molecule has 2 heterocycles. The second kappa shape index (κ2) is 6.09. The van der Waals surface area contributed by atoms with Crippen LogP contribution in [-0.2, 0) is 4.74 Å². The van der Waals surface area contributed by atoms with Gasteiger partial charge < -0.3 is 9.72 Å². The number of aromatic amines is 1. The molecule has 0 fully saturated rings. The minimum atomic E-state index is -0.618. The van der Waals surface area contributed by atoms with Crippen molar-refractivity contribution >= 4 is 23.1 Å². The fourth-order valence-electron chi connectivity index (χ4n) is 2.42. The molecule has 0 saturated carbocycles. The van der Waals surface area contributed by atoms with Crippen LogP contribution in [0.15, 0.2) is 29.2 Å². The molecule has 0 aliphatic carbocycles. The highest BCUT2D eigenvalue weighted by molar-refractivity contribution is 6.30. The van der Waals surface area contributed by atoms with Gasteiger partial charge >= 0.3 is 5.97 Å². The summed E-state index contributed by atoms with van der Waals surface area (Å²) in [5.41, 5.74) is 0.880. The van der Waals surface area contributed by atoms with E-state index in [1.807, 2.05) is 0 Å². The molecule has 0 bridgehead atoms. The van der Waals surface area contributed by atoms with Crippen LogP contribution in [0.3, 0.4) is 0 Å². The Kier molecular flexibility index (Phi) is 4.11. The molecular formula is C16H13ClFN3O3. The number of carbonyl (C=O) groups is 1. The van der Waals surface area contributed by atoms with E-state index in [9.17, 15) is 14.0 Å². The lowest BCUT2D eigenvalue weighted by Crippen LogP contribution is -2.14. The van der Waals surface area contributed by atoms with E-state index in [2.05, 4.69) is 10.1 Å². The summed E-state index contributed by atoms with van der Waals surface area (Å²) in [5.74, 6) is -0.986. The Morgan fingerprint density at radius 2 is 2.21 bits per heavy atom. The second-order valence-corrected chi connectivity index (χ2v) is 5.52. The van der Waals surface area contributed by atoms with Crippen LogP contribution in [0, 0.1) is 12.7 Å². The van der Waals surface area contributed by atoms with Gasteiger partial charge in [-0.3, -0.25) is 4.79 Å². The van der Waals surface area contributed by atoms with Crippen LogP contribution in [0.1, 0.15) is 22.8 Å². The lowest BCUT2D eigenvalue weighted by molar-refractivity contribution is 0.0525. The number of hydrogen-bond donors (Lipinski definition) is 1. The molecule has 0 saturated heterocycles. The Balaban J connectivity index is 2.18. The number of carbonyl (C=O) groups excluding carboxylic acids is 1. The number of nitrogens with zero attached hydrogens (tertiary/aromatic N) is 2. The highest BCUT2D eigenvalue weighted by atomic mass is 35.5. The molecule has 2 aromatic heterocycles. The Morgan fingerprint density at radius 1 is 1.46 bits per heavy atom. The number of esters is 1. The summed E-state index contributed by atoms with van der Waals surface area (Å²) < 4.78 is 19.9. The van der Waals surface area contributed by atoms with Crippen molar-refractivity contribution in [1.29, 1.82) is 0 Å². The highest BCUT2D eigenvalue weighted by Crippen LogP contribution is 2.22. The molecule has 1 N–H and O–H groups in total. The van der Waals surface area contributed by atoms with Crippen LogP contribution < -0.4 is 5.56 Å². The molecular weight excluding hydrogens is 337 g/mol. The third-order valence-electron chi connectivity index (χ3n) is 3.58. The Morgan fingerprint density at radius 3 is 2.88 bits per heavy atom. The van der Waals surface area contributed by atoms with Gasteiger partial charge in [0.05, 0.1) is 17.2 Å². The van der Waals surface area contributed by atoms with Crippen molar-refractivity contribution in [2.45, 2.75) is 13.8 Å². The SMILES string of the molecule is CCOC(=O)c1cn2nc(-c3ccc(Cl)c(F)c3)[nH]c(=O)c2c1C. The van der Waals surface area contributed by atoms with Crippen molar-refractivity contribution < 1.29 is 13.9 Å². The van der Waals surface area contributed by atoms with Crippen molar-refractivity contribution in [3.05, 3.63) is 56.7 Å². The fourth-order valence-corrected chi connectivity index (χ4v) is 2.54. The quantitative estimate of drug-likeness (QED) is 0.737. The van der Waals surface area contributed by atoms with E-state index in [-0.39, 0.29) is 28.5 Å². The number of benzene rings is 1. The smallest absolute Gasteiger partial charge is 0.340 e. The van der Waals surface area contributed by atoms with E-state index in [0.29, 0.717) is 11.1 Å². The van der Waals surface area contributed by atoms with E-state index in [1.165, 1.54) is 28.9 Å². The summed E-state index contributed by atoms with van der Waals surface area (Å²) in [6.07, 6.45) is 1.42. The van der Waals surface area contributed by atoms with Crippen molar-refractivity contribution in [1.82, 2.24) is 14.6 Å². The maximum absolute atomic E-state index is 13.6. The van der Waals surface area contributed by atoms with Crippen LogP contribution in [0.5, 0.6) is 0 Å². The second-order valence-electron chi connectivity index (χ2n) is 5.11. The summed E-state index contributed by atoms with van der Waals surface area (Å²) >= 11 is 5.66. The van der Waals surface area contributed by atoms with Gasteiger partial charge in [-0.05, 0) is 37.6 Å². The largest absolute Gasteiger partial charge is 0.462 e. The van der Waals surface area contributed by atoms with Gasteiger partial charge in [0.15, 0.2) is 5.82 Å². The predicted octanol–water partition coefficient (Wildman–Crippen LogP) is 2.97. The van der Waals surface area contributed by atoms with Crippen molar-refractivity contribution in [3.63, 3.8) is 0 Å². The Hall–Kier alpha value is -2.67. The van der Waals surface area contributed by atoms with E-state index < -0.39 is 17.3 Å². The first-order valence-corrected chi connectivity index (χ1v) is 7.55. The van der Waals surface area contributed by atoms with Crippen molar-refractivity contribution in [2.75, 3.05) is 6.61 Å². The standard InChI is InChI=1S/C16H13ClFN3O3/c1-3-24-16(23)10-7-21-13(8(10)2)15(22)19-14(20-21)9-4-5-11(17)12(18)6-9/h4-7H,3H2,1-2H3,(H,19,20,22). The number of rotatable bonds is 3. The minimum Gasteiger partial charge on any atom is -0.462 e. The number of H-pyrrole nitrogens is 1. The normalized spacial score (nSPS) is 11.0. The number of fused-ring (bicyclic) bond motifs is 1. The first kappa shape index (κ1) is 16.2. The molecule has 0 amide bonds. The van der Waals surface area contributed by atoms with Crippen LogP contribution in [-0.4, -0.2) is 27.2 Å². The molecule has 0 atom stereocenters. The monoisotopic (exact) mass is 349 g/mol. The number of aromatic nitrogens is 3. The maximum atomic E-state index is 13.6. The molecule has 3 aromatic rings. The lowest BCUT2D eigenvalue weighted by Gasteiger charge is -2.03. The average Bonchev–Trinajstić information content (AvgIpc) is 2.87. The first-order valence-electron chi connectivity index (χ1n) is 7.17. The summed E-state index contributed by atoms with van der Waals surface area (Å²) in [6, 6.07) is 4.09. The molecule has 8 heteroatoms. The maximum Gasteiger partial charge on any atom is 0.340 e. The van der Waals surface area contributed by atoms with Gasteiger partial charge in [-0.2, -0.15) is 0 Å². The Labute approximate surface area is 140 Å². The molecule has 3 rings (SSSR count). The number of nitrogens with one attached hydrogen (secondary N) is 1. The summed E-state index contributed by atoms with van der Waals surface area (Å²) in [6.45, 7) is 3.56. The van der Waals surface area contributed by atoms with Gasteiger partial charge in [0.25, 0.3) is 5.56 Å². The third-order valence-corrected chi connectivity index (χ3v) is 3.89. The van der Waals surface area contributed by atoms with Gasteiger partial charge in [0.1, 0.15) is 11.3 Å². The number of hydrogen-bond acceptors (Lipinski definition) is 4. The zero-order valence-electron chi connectivity index (χ0n) is 12.9. The lowest BCUT2D eigenvalue weighted by atomic mass is 10.2. The fraction of sp³-hybridized carbons (Fsp3) is 0.188. The zero-order valence-corrected chi connectivity index (χ0v) is 13.6. The molecule has 0 spiro atoms. The number of aryl methyl sites for hydroxylation is 1. The Bertz CT molecular complexity index is 1010. The van der Waals surface area contributed by atoms with Gasteiger partial charge in [-0.15, -0.1) is 5.10 Å². The summed E-state index contributed by atoms with van der Waals surface area (Å²) in [4.78, 5) is 26.9. The predicted molar refractivity (Wildman–Crippen MR) is 86.9 cm³/mol. The van der Waals surface area contributed by atoms with Crippen LogP contribution >= 0.6 is 11.6 Å². The summed E-state index contributed by atoms with van der Waals surface area (Å²) in [5, 5.41) is 4.22. The van der Waals surface area contributed by atoms with E-state index >= 15 is 0 Å². The average molecular weight is 350 g/mol. The molecule has 0 aliphatic heterocycles. The molecule has 0 unspecified atom stereocenters. The van der Waals surface area contributed by atoms with Crippen molar-refractivity contribution in [3.8, 4) is 11.4 Å². The topological polar surface area (TPSA) is 76.5 Å². The van der Waals surface area contributed by atoms with Crippen LogP contribution in [0.4, 0.5) is 4.39 Å². The van der Waals surface area contributed by atoms with E-state index in [0.717, 1.165) is 0 Å². The van der Waals surface area contributed by atoms with E-state index in [1.54, 1.807) is 13.8 Å². The molecule has 0 radical (unpaired) electrons. The van der Waals surface area contributed by atoms with Crippen molar-refractivity contribution in [2.24, 2.45) is 0 Å². The third kappa shape index (κ3) is 2.67. The van der Waals surface area contributed by atoms with Crippen LogP contribution in [0.2, 0.25) is 5.02 Å². The van der Waals surface area contributed by atoms with Gasteiger partial charge in [-0.25, -0.2) is 13.7 Å². The zero-order chi connectivity index (χ0) is 17.4. The summed E-state index contributed by atoms with van der Waals surface area (Å²) in [7, 11) is 0. The molecule has 6 nitrogen and oxygen atoms in total. The van der Waals surface area contributed by atoms with Crippen LogP contribution in [0.25, 0.3) is 16.9 Å². The molecule has 1 aromatic carbocycles. The molecule has 124 valence electrons. The molecule has 0 aliphatic rings. The highest BCUT2D eigenvalue weighted by Gasteiger charge is 2.19. The van der Waals surface area contributed by atoms with Gasteiger partial charge in [-0.1, -0.05) is 11.6 Å². The van der Waals surface area contributed by atoms with E-state index in [4.69, 9.17) is 16.3 Å². The molecule has 24 heavy (non-hydrogen) atoms. The van der Waals surface area contributed by atoms with Gasteiger partial charge in [0.2, 0.25) is 0 Å².